The molecule has 2 aliphatic rings. The summed E-state index contributed by atoms with van der Waals surface area (Å²) in [6.07, 6.45) is 2.69. The Kier molecular flexibility index (Phi) is 4.56. The highest BCUT2D eigenvalue weighted by Crippen LogP contribution is 2.39. The van der Waals surface area contributed by atoms with Crippen LogP contribution < -0.4 is 5.32 Å². The minimum Gasteiger partial charge on any atom is -0.380 e. The Morgan fingerprint density at radius 3 is 2.88 bits per heavy atom. The number of hydrogen-bond donors (Lipinski definition) is 1. The van der Waals surface area contributed by atoms with Crippen LogP contribution in [-0.4, -0.2) is 52.8 Å². The predicted molar refractivity (Wildman–Crippen MR) is 83.6 cm³/mol. The van der Waals surface area contributed by atoms with Gasteiger partial charge in [0.2, 0.25) is 11.8 Å². The molecule has 24 heavy (non-hydrogen) atoms. The number of methoxy groups -OCH3 is 1. The Bertz CT molecular complexity index is 650. The highest BCUT2D eigenvalue weighted by molar-refractivity contribution is 5.79. The molecule has 2 fully saturated rings. The quantitative estimate of drug-likeness (QED) is 0.826. The van der Waals surface area contributed by atoms with Crippen molar-refractivity contribution in [2.24, 2.45) is 5.92 Å². The van der Waals surface area contributed by atoms with Gasteiger partial charge in [0.25, 0.3) is 0 Å². The number of likely N-dealkylation sites (tertiary alicyclic amines) is 1. The van der Waals surface area contributed by atoms with Gasteiger partial charge in [-0.15, -0.1) is 0 Å². The molecule has 1 N–H and O–H groups in total. The maximum Gasteiger partial charge on any atom is 0.244 e. The number of nitriles is 1. The second-order valence-corrected chi connectivity index (χ2v) is 6.86. The number of rotatable bonds is 6. The highest BCUT2D eigenvalue weighted by atomic mass is 16.5. The third-order valence-corrected chi connectivity index (χ3v) is 4.90. The Labute approximate surface area is 141 Å². The molecule has 130 valence electrons. The molecule has 0 spiro atoms. The summed E-state index contributed by atoms with van der Waals surface area (Å²) in [5.41, 5.74) is -0.784. The van der Waals surface area contributed by atoms with E-state index in [9.17, 15) is 10.1 Å². The average Bonchev–Trinajstić information content (AvgIpc) is 3.22. The molecule has 1 saturated heterocycles. The molecule has 1 amide bonds. The van der Waals surface area contributed by atoms with E-state index >= 15 is 0 Å². The first-order valence-electron chi connectivity index (χ1n) is 8.24. The topological polar surface area (TPSA) is 104 Å². The maximum absolute atomic E-state index is 12.5. The van der Waals surface area contributed by atoms with Gasteiger partial charge in [-0.2, -0.15) is 10.2 Å². The lowest BCUT2D eigenvalue weighted by atomic mass is 9.98. The third-order valence-electron chi connectivity index (χ3n) is 4.90. The number of ether oxygens (including phenoxy) is 1. The molecule has 8 heteroatoms. The summed E-state index contributed by atoms with van der Waals surface area (Å²) in [5.74, 6) is 1.17. The molecule has 1 unspecified atom stereocenters. The van der Waals surface area contributed by atoms with Gasteiger partial charge in [0.1, 0.15) is 5.54 Å². The van der Waals surface area contributed by atoms with Gasteiger partial charge in [-0.3, -0.25) is 9.69 Å². The lowest BCUT2D eigenvalue weighted by molar-refractivity contribution is -0.124. The van der Waals surface area contributed by atoms with Crippen LogP contribution in [0.1, 0.15) is 43.9 Å². The molecule has 2 heterocycles. The van der Waals surface area contributed by atoms with Gasteiger partial charge in [0.15, 0.2) is 5.82 Å². The van der Waals surface area contributed by atoms with E-state index in [4.69, 9.17) is 9.26 Å². The normalized spacial score (nSPS) is 26.8. The van der Waals surface area contributed by atoms with Crippen LogP contribution in [0.3, 0.4) is 0 Å². The molecule has 1 saturated carbocycles. The fourth-order valence-electron chi connectivity index (χ4n) is 3.31. The summed E-state index contributed by atoms with van der Waals surface area (Å²) in [4.78, 5) is 18.7. The lowest BCUT2D eigenvalue weighted by Crippen LogP contribution is -2.50. The molecule has 3 atom stereocenters. The van der Waals surface area contributed by atoms with Gasteiger partial charge in [0.05, 0.1) is 24.8 Å². The van der Waals surface area contributed by atoms with Crippen molar-refractivity contribution < 1.29 is 14.1 Å². The fourth-order valence-corrected chi connectivity index (χ4v) is 3.31. The van der Waals surface area contributed by atoms with Crippen molar-refractivity contribution in [2.75, 3.05) is 20.2 Å². The van der Waals surface area contributed by atoms with Crippen LogP contribution >= 0.6 is 0 Å². The number of amides is 1. The number of carbonyl (C=O) groups is 1. The van der Waals surface area contributed by atoms with Crippen molar-refractivity contribution in [2.45, 2.75) is 50.8 Å². The second kappa shape index (κ2) is 6.49. The van der Waals surface area contributed by atoms with E-state index in [-0.39, 0.29) is 30.5 Å². The zero-order valence-corrected chi connectivity index (χ0v) is 14.3. The average molecular weight is 333 g/mol. The minimum atomic E-state index is -0.784. The van der Waals surface area contributed by atoms with Crippen LogP contribution in [0.4, 0.5) is 0 Å². The summed E-state index contributed by atoms with van der Waals surface area (Å²) in [5, 5.41) is 16.1. The number of nitrogens with zero attached hydrogens (tertiary/aromatic N) is 4. The van der Waals surface area contributed by atoms with Gasteiger partial charge >= 0.3 is 0 Å². The molecule has 0 bridgehead atoms. The molecule has 8 nitrogen and oxygen atoms in total. The zero-order chi connectivity index (χ0) is 17.3. The van der Waals surface area contributed by atoms with Gasteiger partial charge in [-0.25, -0.2) is 0 Å². The van der Waals surface area contributed by atoms with Crippen LogP contribution in [-0.2, 0) is 9.53 Å². The number of carbonyl (C=O) groups excluding carboxylic acids is 1. The molecular weight excluding hydrogens is 310 g/mol. The van der Waals surface area contributed by atoms with Crippen molar-refractivity contribution in [3.8, 4) is 6.07 Å². The molecule has 1 aliphatic carbocycles. The molecule has 3 rings (SSSR count). The van der Waals surface area contributed by atoms with Crippen LogP contribution in [0.5, 0.6) is 0 Å². The van der Waals surface area contributed by atoms with Gasteiger partial charge in [-0.05, 0) is 39.0 Å². The van der Waals surface area contributed by atoms with Gasteiger partial charge in [0, 0.05) is 13.7 Å². The van der Waals surface area contributed by atoms with Gasteiger partial charge < -0.3 is 14.6 Å². The first-order chi connectivity index (χ1) is 11.4. The summed E-state index contributed by atoms with van der Waals surface area (Å²) in [6, 6.07) is 2.10. The summed E-state index contributed by atoms with van der Waals surface area (Å²) < 4.78 is 10.7. The van der Waals surface area contributed by atoms with E-state index in [1.54, 1.807) is 21.0 Å². The fraction of sp³-hybridized carbons (Fsp3) is 0.750. The number of hydrogen-bond acceptors (Lipinski definition) is 7. The van der Waals surface area contributed by atoms with Gasteiger partial charge in [-0.1, -0.05) is 5.16 Å². The molecular formula is C16H23N5O3. The standard InChI is InChI=1S/C16H23N5O3/c1-10-18-15(24-20-10)13-6-12(23-3)7-21(13)8-14(22)19-16(2,9-17)11-4-5-11/h11-13H,4-8H2,1-3H3,(H,19,22)/t12-,13-,16?/m1/s1. The van der Waals surface area contributed by atoms with E-state index in [0.717, 1.165) is 12.8 Å². The van der Waals surface area contributed by atoms with Crippen molar-refractivity contribution in [3.05, 3.63) is 11.7 Å². The number of aryl methyl sites for hydroxylation is 1. The highest BCUT2D eigenvalue weighted by Gasteiger charge is 2.44. The Morgan fingerprint density at radius 1 is 1.58 bits per heavy atom. The van der Waals surface area contributed by atoms with E-state index in [1.807, 2.05) is 4.90 Å². The molecule has 1 aromatic rings. The van der Waals surface area contributed by atoms with E-state index in [2.05, 4.69) is 21.5 Å². The molecule has 0 aromatic carbocycles. The van der Waals surface area contributed by atoms with Crippen molar-refractivity contribution in [3.63, 3.8) is 0 Å². The molecule has 1 aliphatic heterocycles. The molecule has 1 aromatic heterocycles. The number of aromatic nitrogens is 2. The molecule has 0 radical (unpaired) electrons. The van der Waals surface area contributed by atoms with Crippen LogP contribution in [0.2, 0.25) is 0 Å². The van der Waals surface area contributed by atoms with E-state index in [1.165, 1.54) is 0 Å². The Hall–Kier alpha value is -1.98. The smallest absolute Gasteiger partial charge is 0.244 e. The van der Waals surface area contributed by atoms with Crippen molar-refractivity contribution in [1.29, 1.82) is 5.26 Å². The Morgan fingerprint density at radius 2 is 2.33 bits per heavy atom. The first-order valence-corrected chi connectivity index (χ1v) is 8.24. The number of nitrogens with one attached hydrogen (secondary N) is 1. The van der Waals surface area contributed by atoms with E-state index < -0.39 is 5.54 Å². The zero-order valence-electron chi connectivity index (χ0n) is 14.3. The van der Waals surface area contributed by atoms with Crippen LogP contribution in [0.15, 0.2) is 4.52 Å². The minimum absolute atomic E-state index is 0.0146. The SMILES string of the molecule is CO[C@@H]1C[C@H](c2nc(C)no2)N(CC(=O)NC(C)(C#N)C2CC2)C1. The van der Waals surface area contributed by atoms with Crippen LogP contribution in [0.25, 0.3) is 0 Å². The predicted octanol–water partition coefficient (Wildman–Crippen LogP) is 0.948. The van der Waals surface area contributed by atoms with Crippen molar-refractivity contribution in [1.82, 2.24) is 20.4 Å². The summed E-state index contributed by atoms with van der Waals surface area (Å²) in [7, 11) is 1.66. The third kappa shape index (κ3) is 3.42. The second-order valence-electron chi connectivity index (χ2n) is 6.86. The first kappa shape index (κ1) is 16.9. The van der Waals surface area contributed by atoms with Crippen molar-refractivity contribution >= 4 is 5.91 Å². The largest absolute Gasteiger partial charge is 0.380 e. The monoisotopic (exact) mass is 333 g/mol. The van der Waals surface area contributed by atoms with E-state index in [0.29, 0.717) is 24.7 Å². The summed E-state index contributed by atoms with van der Waals surface area (Å²) >= 11 is 0. The lowest BCUT2D eigenvalue weighted by Gasteiger charge is -2.26. The maximum atomic E-state index is 12.5. The summed E-state index contributed by atoms with van der Waals surface area (Å²) in [6.45, 7) is 4.35. The Balaban J connectivity index is 1.67. The van der Waals surface area contributed by atoms with Crippen LogP contribution in [0, 0.1) is 24.2 Å².